The van der Waals surface area contributed by atoms with Gasteiger partial charge in [0.1, 0.15) is 0 Å². The highest BCUT2D eigenvalue weighted by Gasteiger charge is 2.31. The lowest BCUT2D eigenvalue weighted by molar-refractivity contribution is 0.104. The molecule has 2 aromatic carbocycles. The molecule has 112 valence electrons. The van der Waals surface area contributed by atoms with E-state index in [0.717, 1.165) is 33.0 Å². The number of pyridine rings is 1. The number of hydrogen-bond donors (Lipinski definition) is 0. The maximum absolute atomic E-state index is 12.7. The van der Waals surface area contributed by atoms with Gasteiger partial charge in [0, 0.05) is 26.6 Å². The molecule has 23 heavy (non-hydrogen) atoms. The third-order valence-corrected chi connectivity index (χ3v) is 5.10. The molecule has 0 N–H and O–H groups in total. The molecular weight excluding hydrogens is 326 g/mol. The van der Waals surface area contributed by atoms with E-state index in [9.17, 15) is 4.79 Å². The molecule has 1 aliphatic carbocycles. The van der Waals surface area contributed by atoms with Gasteiger partial charge in [0.15, 0.2) is 5.78 Å². The lowest BCUT2D eigenvalue weighted by Gasteiger charge is -2.10. The van der Waals surface area contributed by atoms with Crippen molar-refractivity contribution in [1.82, 2.24) is 4.98 Å². The van der Waals surface area contributed by atoms with Gasteiger partial charge in [-0.1, -0.05) is 54.1 Å². The fraction of sp³-hybridized carbons (Fsp3) is 0.0526. The molecule has 0 saturated heterocycles. The van der Waals surface area contributed by atoms with Gasteiger partial charge >= 0.3 is 0 Å². The van der Waals surface area contributed by atoms with Crippen LogP contribution >= 0.6 is 23.4 Å². The second-order valence-electron chi connectivity index (χ2n) is 5.29. The van der Waals surface area contributed by atoms with Crippen LogP contribution < -0.4 is 0 Å². The zero-order valence-electron chi connectivity index (χ0n) is 12.3. The number of thioether (sulfide) groups is 1. The summed E-state index contributed by atoms with van der Waals surface area (Å²) in [5.41, 5.74) is 4.76. The number of carbonyl (C=O) groups excluding carboxylic acids is 1. The van der Waals surface area contributed by atoms with Crippen molar-refractivity contribution in [2.24, 2.45) is 0 Å². The van der Waals surface area contributed by atoms with Gasteiger partial charge in [-0.15, -0.1) is 11.8 Å². The summed E-state index contributed by atoms with van der Waals surface area (Å²) in [5, 5.41) is 0.657. The number of halogens is 1. The third kappa shape index (κ3) is 2.19. The Bertz CT molecular complexity index is 952. The Labute approximate surface area is 143 Å². The Kier molecular flexibility index (Phi) is 3.47. The van der Waals surface area contributed by atoms with Crippen molar-refractivity contribution in [3.63, 3.8) is 0 Å². The largest absolute Gasteiger partial charge is 0.288 e. The Morgan fingerprint density at radius 2 is 1.61 bits per heavy atom. The van der Waals surface area contributed by atoms with Crippen molar-refractivity contribution in [2.45, 2.75) is 4.90 Å². The van der Waals surface area contributed by atoms with Gasteiger partial charge < -0.3 is 0 Å². The van der Waals surface area contributed by atoms with Gasteiger partial charge in [-0.3, -0.25) is 4.79 Å². The second kappa shape index (κ2) is 5.52. The highest BCUT2D eigenvalue weighted by atomic mass is 35.5. The van der Waals surface area contributed by atoms with Crippen LogP contribution in [0.2, 0.25) is 5.02 Å². The van der Waals surface area contributed by atoms with Crippen LogP contribution in [0, 0.1) is 0 Å². The van der Waals surface area contributed by atoms with E-state index in [2.05, 4.69) is 0 Å². The first-order chi connectivity index (χ1) is 11.2. The van der Waals surface area contributed by atoms with Gasteiger partial charge in [0.05, 0.1) is 17.0 Å². The monoisotopic (exact) mass is 337 g/mol. The summed E-state index contributed by atoms with van der Waals surface area (Å²) in [6.07, 6.45) is 1.97. The maximum atomic E-state index is 12.7. The predicted octanol–water partition coefficient (Wildman–Crippen LogP) is 5.34. The highest BCUT2D eigenvalue weighted by Crippen LogP contribution is 2.42. The van der Waals surface area contributed by atoms with E-state index in [1.165, 1.54) is 0 Å². The molecule has 0 aliphatic heterocycles. The minimum absolute atomic E-state index is 0.0539. The number of aromatic nitrogens is 1. The quantitative estimate of drug-likeness (QED) is 0.463. The summed E-state index contributed by atoms with van der Waals surface area (Å²) in [7, 11) is 0. The van der Waals surface area contributed by atoms with Crippen molar-refractivity contribution in [2.75, 3.05) is 6.26 Å². The minimum Gasteiger partial charge on any atom is -0.288 e. The Morgan fingerprint density at radius 1 is 0.957 bits per heavy atom. The van der Waals surface area contributed by atoms with Gasteiger partial charge in [0.2, 0.25) is 0 Å². The average molecular weight is 338 g/mol. The summed E-state index contributed by atoms with van der Waals surface area (Å²) in [6.45, 7) is 0. The third-order valence-electron chi connectivity index (χ3n) is 4.01. The van der Waals surface area contributed by atoms with E-state index in [4.69, 9.17) is 16.6 Å². The van der Waals surface area contributed by atoms with Crippen molar-refractivity contribution in [3.8, 4) is 22.5 Å². The number of benzene rings is 2. The van der Waals surface area contributed by atoms with E-state index < -0.39 is 0 Å². The molecule has 2 nitrogen and oxygen atoms in total. The summed E-state index contributed by atoms with van der Waals surface area (Å²) < 4.78 is 0. The first-order valence-corrected chi connectivity index (χ1v) is 8.79. The van der Waals surface area contributed by atoms with Gasteiger partial charge in [-0.05, 0) is 18.4 Å². The molecule has 0 saturated carbocycles. The molecule has 4 heteroatoms. The summed E-state index contributed by atoms with van der Waals surface area (Å²) in [4.78, 5) is 18.4. The summed E-state index contributed by atoms with van der Waals surface area (Å²) >= 11 is 7.88. The molecular formula is C19H12ClNOS. The number of carbonyl (C=O) groups is 1. The number of hydrogen-bond acceptors (Lipinski definition) is 3. The lowest BCUT2D eigenvalue weighted by atomic mass is 10.1. The summed E-state index contributed by atoms with van der Waals surface area (Å²) in [5.74, 6) is 0.0539. The Morgan fingerprint density at radius 3 is 2.30 bits per heavy atom. The van der Waals surface area contributed by atoms with Crippen LogP contribution in [0.1, 0.15) is 15.9 Å². The molecule has 0 unspecified atom stereocenters. The van der Waals surface area contributed by atoms with Crippen LogP contribution in [0.25, 0.3) is 22.5 Å². The second-order valence-corrected chi connectivity index (χ2v) is 6.54. The fourth-order valence-electron chi connectivity index (χ4n) is 2.93. The number of fused-ring (bicyclic) bond motifs is 3. The van der Waals surface area contributed by atoms with Crippen molar-refractivity contribution in [3.05, 3.63) is 70.7 Å². The van der Waals surface area contributed by atoms with Crippen LogP contribution in [-0.2, 0) is 0 Å². The number of nitrogens with zero attached hydrogens (tertiary/aromatic N) is 1. The van der Waals surface area contributed by atoms with Crippen LogP contribution in [0.5, 0.6) is 0 Å². The molecule has 0 atom stereocenters. The van der Waals surface area contributed by atoms with E-state index in [-0.39, 0.29) is 5.78 Å². The minimum atomic E-state index is 0.0539. The van der Waals surface area contributed by atoms with Gasteiger partial charge in [-0.25, -0.2) is 4.98 Å². The summed E-state index contributed by atoms with van der Waals surface area (Å²) in [6, 6.07) is 17.2. The molecule has 1 aromatic heterocycles. The van der Waals surface area contributed by atoms with Crippen LogP contribution in [-0.4, -0.2) is 17.0 Å². The van der Waals surface area contributed by atoms with E-state index in [1.54, 1.807) is 11.8 Å². The average Bonchev–Trinajstić information content (AvgIpc) is 2.88. The zero-order chi connectivity index (χ0) is 16.0. The van der Waals surface area contributed by atoms with Gasteiger partial charge in [0.25, 0.3) is 0 Å². The standard InChI is InChI=1S/C19H12ClNOS/c1-23-16-10-15(13-8-4-5-9-14(13)20)21-18-11-6-2-3-7-12(11)19(22)17(16)18/h2-10H,1H3. The fourth-order valence-corrected chi connectivity index (χ4v) is 3.78. The van der Waals surface area contributed by atoms with E-state index in [1.807, 2.05) is 60.9 Å². The molecule has 1 aliphatic rings. The van der Waals surface area contributed by atoms with Crippen LogP contribution in [0.15, 0.2) is 59.5 Å². The smallest absolute Gasteiger partial charge is 0.197 e. The molecule has 0 spiro atoms. The molecule has 0 bridgehead atoms. The molecule has 3 aromatic rings. The molecule has 1 heterocycles. The number of rotatable bonds is 2. The molecule has 0 amide bonds. The Hall–Kier alpha value is -2.10. The van der Waals surface area contributed by atoms with E-state index in [0.29, 0.717) is 10.6 Å². The Balaban J connectivity index is 2.02. The highest BCUT2D eigenvalue weighted by molar-refractivity contribution is 7.98. The van der Waals surface area contributed by atoms with Crippen molar-refractivity contribution < 1.29 is 4.79 Å². The predicted molar refractivity (Wildman–Crippen MR) is 95.3 cm³/mol. The molecule has 0 radical (unpaired) electrons. The first kappa shape index (κ1) is 14.5. The normalized spacial score (nSPS) is 12.2. The van der Waals surface area contributed by atoms with Crippen LogP contribution in [0.4, 0.5) is 0 Å². The molecule has 4 rings (SSSR count). The van der Waals surface area contributed by atoms with Crippen molar-refractivity contribution >= 4 is 29.1 Å². The van der Waals surface area contributed by atoms with E-state index >= 15 is 0 Å². The number of ketones is 1. The SMILES string of the molecule is CSc1cc(-c2ccccc2Cl)nc2c1C(=O)c1ccccc1-2. The van der Waals surface area contributed by atoms with Crippen LogP contribution in [0.3, 0.4) is 0 Å². The topological polar surface area (TPSA) is 30.0 Å². The first-order valence-electron chi connectivity index (χ1n) is 7.18. The van der Waals surface area contributed by atoms with Gasteiger partial charge in [-0.2, -0.15) is 0 Å². The molecule has 0 fully saturated rings. The zero-order valence-corrected chi connectivity index (χ0v) is 13.9. The maximum Gasteiger partial charge on any atom is 0.197 e. The lowest BCUT2D eigenvalue weighted by Crippen LogP contribution is -1.99. The van der Waals surface area contributed by atoms with Crippen molar-refractivity contribution in [1.29, 1.82) is 0 Å².